The van der Waals surface area contributed by atoms with Crippen molar-refractivity contribution in [3.05, 3.63) is 215 Å². The van der Waals surface area contributed by atoms with Gasteiger partial charge in [-0.05, 0) is 39.8 Å². The third kappa shape index (κ3) is 16.7. The summed E-state index contributed by atoms with van der Waals surface area (Å²) in [6, 6.07) is 60.8. The molecule has 376 valence electrons. The molecule has 0 unspecified atom stereocenters. The van der Waals surface area contributed by atoms with Crippen LogP contribution in [0.1, 0.15) is 78.8 Å². The van der Waals surface area contributed by atoms with Gasteiger partial charge < -0.3 is 47.4 Å². The molecule has 0 saturated carbocycles. The van der Waals surface area contributed by atoms with Crippen molar-refractivity contribution in [2.24, 2.45) is 0 Å². The van der Waals surface area contributed by atoms with Crippen LogP contribution in [-0.2, 0) is 87.0 Å². The molecule has 2 fully saturated rings. The minimum atomic E-state index is -0.930. The monoisotopic (exact) mass is 965 g/mol. The van der Waals surface area contributed by atoms with Crippen LogP contribution < -0.4 is 0 Å². The Bertz CT molecular complexity index is 2290. The quantitative estimate of drug-likeness (QED) is 0.0392. The molecule has 10 heteroatoms. The van der Waals surface area contributed by atoms with Gasteiger partial charge in [0.25, 0.3) is 0 Å². The summed E-state index contributed by atoms with van der Waals surface area (Å²) >= 11 is 0. The molecule has 0 radical (unpaired) electrons. The second-order valence-corrected chi connectivity index (χ2v) is 18.4. The molecule has 2 aliphatic heterocycles. The van der Waals surface area contributed by atoms with Gasteiger partial charge in [0.15, 0.2) is 12.6 Å². The zero-order valence-corrected chi connectivity index (χ0v) is 41.2. The lowest BCUT2D eigenvalue weighted by Crippen LogP contribution is -2.48. The van der Waals surface area contributed by atoms with Gasteiger partial charge in [-0.3, -0.25) is 0 Å². The second-order valence-electron chi connectivity index (χ2n) is 18.4. The molecule has 6 aromatic rings. The predicted octanol–water partition coefficient (Wildman–Crippen LogP) is 12.0. The largest absolute Gasteiger partial charge is 0.374 e. The lowest BCUT2D eigenvalue weighted by atomic mass is 10.0. The van der Waals surface area contributed by atoms with Gasteiger partial charge in [-0.2, -0.15) is 0 Å². The molecule has 2 saturated heterocycles. The Labute approximate surface area is 421 Å². The number of rotatable bonds is 31. The number of unbranched alkanes of at least 4 members (excludes halogenated alkanes) is 5. The second kappa shape index (κ2) is 29.4. The first-order valence-electron chi connectivity index (χ1n) is 25.6. The molecule has 8 rings (SSSR count). The van der Waals surface area contributed by atoms with Gasteiger partial charge in [0.2, 0.25) is 0 Å². The van der Waals surface area contributed by atoms with Crippen molar-refractivity contribution in [2.75, 3.05) is 19.8 Å². The SMILES string of the molecule is CCCCCCCCO[C@@H]1O[C@@H]([C@H](COCc2ccccc2)O[C@@H]2O[C@H](COCc3ccccc3)[C@@H](OCc3ccccc3)[C@H]2OCc2ccccc2)[C@H](OCc2ccccc2)[C@H]1OCc1ccccc1. The molecule has 2 aliphatic rings. The number of hydrogen-bond acceptors (Lipinski definition) is 10. The summed E-state index contributed by atoms with van der Waals surface area (Å²) in [4.78, 5) is 0. The maximum Gasteiger partial charge on any atom is 0.187 e. The Morgan fingerprint density at radius 2 is 0.775 bits per heavy atom. The summed E-state index contributed by atoms with van der Waals surface area (Å²) in [5.41, 5.74) is 6.19. The van der Waals surface area contributed by atoms with Crippen molar-refractivity contribution >= 4 is 0 Å². The van der Waals surface area contributed by atoms with E-state index in [0.717, 1.165) is 46.2 Å². The summed E-state index contributed by atoms with van der Waals surface area (Å²) in [6.45, 7) is 5.19. The Morgan fingerprint density at radius 1 is 0.380 bits per heavy atom. The summed E-state index contributed by atoms with van der Waals surface area (Å²) in [6.07, 6.45) is 0.586. The normalized spacial score (nSPS) is 22.4. The summed E-state index contributed by atoms with van der Waals surface area (Å²) in [5, 5.41) is 0. The van der Waals surface area contributed by atoms with Crippen molar-refractivity contribution < 1.29 is 47.4 Å². The van der Waals surface area contributed by atoms with E-state index >= 15 is 0 Å². The van der Waals surface area contributed by atoms with E-state index in [1.165, 1.54) is 25.7 Å². The van der Waals surface area contributed by atoms with Gasteiger partial charge in [-0.25, -0.2) is 0 Å². The zero-order chi connectivity index (χ0) is 48.6. The first-order valence-corrected chi connectivity index (χ1v) is 25.6. The van der Waals surface area contributed by atoms with Gasteiger partial charge in [-0.1, -0.05) is 221 Å². The van der Waals surface area contributed by atoms with Crippen molar-refractivity contribution in [1.29, 1.82) is 0 Å². The Kier molecular flexibility index (Phi) is 21.7. The summed E-state index contributed by atoms with van der Waals surface area (Å²) in [7, 11) is 0. The molecular weight excluding hydrogens is 893 g/mol. The van der Waals surface area contributed by atoms with Gasteiger partial charge in [0.05, 0.1) is 52.9 Å². The van der Waals surface area contributed by atoms with E-state index in [1.54, 1.807) is 0 Å². The van der Waals surface area contributed by atoms with Crippen LogP contribution in [0.5, 0.6) is 0 Å². The molecule has 0 spiro atoms. The van der Waals surface area contributed by atoms with Crippen LogP contribution in [0.3, 0.4) is 0 Å². The highest BCUT2D eigenvalue weighted by molar-refractivity contribution is 5.18. The highest BCUT2D eigenvalue weighted by Crippen LogP contribution is 2.36. The van der Waals surface area contributed by atoms with Crippen LogP contribution in [0, 0.1) is 0 Å². The summed E-state index contributed by atoms with van der Waals surface area (Å²) in [5.74, 6) is 0. The van der Waals surface area contributed by atoms with Crippen LogP contribution in [-0.4, -0.2) is 75.1 Å². The average Bonchev–Trinajstić information content (AvgIpc) is 3.94. The minimum absolute atomic E-state index is 0.135. The molecule has 2 heterocycles. The maximum atomic E-state index is 7.31. The molecule has 9 atom stereocenters. The molecule has 0 aliphatic carbocycles. The van der Waals surface area contributed by atoms with E-state index in [0.29, 0.717) is 46.2 Å². The molecule has 0 N–H and O–H groups in total. The van der Waals surface area contributed by atoms with Crippen LogP contribution in [0.25, 0.3) is 0 Å². The van der Waals surface area contributed by atoms with Crippen molar-refractivity contribution in [2.45, 2.75) is 140 Å². The Hall–Kier alpha value is -5.08. The number of ether oxygens (including phenoxy) is 10. The molecule has 6 aromatic carbocycles. The van der Waals surface area contributed by atoms with Crippen molar-refractivity contribution in [1.82, 2.24) is 0 Å². The van der Waals surface area contributed by atoms with Gasteiger partial charge in [0, 0.05) is 6.61 Å². The van der Waals surface area contributed by atoms with Crippen LogP contribution in [0.4, 0.5) is 0 Å². The highest BCUT2D eigenvalue weighted by Gasteiger charge is 2.54. The molecule has 0 amide bonds. The van der Waals surface area contributed by atoms with Crippen molar-refractivity contribution in [3.63, 3.8) is 0 Å². The number of hydrogen-bond donors (Lipinski definition) is 0. The Morgan fingerprint density at radius 3 is 1.25 bits per heavy atom. The van der Waals surface area contributed by atoms with E-state index in [9.17, 15) is 0 Å². The average molecular weight is 965 g/mol. The highest BCUT2D eigenvalue weighted by atomic mass is 16.8. The molecular formula is C61H72O10. The van der Waals surface area contributed by atoms with Crippen LogP contribution in [0.15, 0.2) is 182 Å². The lowest BCUT2D eigenvalue weighted by molar-refractivity contribution is -0.251. The fraction of sp³-hybridized carbons (Fsp3) is 0.410. The van der Waals surface area contributed by atoms with E-state index in [1.807, 2.05) is 121 Å². The van der Waals surface area contributed by atoms with E-state index in [4.69, 9.17) is 47.4 Å². The van der Waals surface area contributed by atoms with E-state index in [-0.39, 0.29) is 13.2 Å². The molecule has 0 bridgehead atoms. The third-order valence-corrected chi connectivity index (χ3v) is 12.9. The molecule has 0 aromatic heterocycles. The topological polar surface area (TPSA) is 92.3 Å². The van der Waals surface area contributed by atoms with Crippen LogP contribution >= 0.6 is 0 Å². The van der Waals surface area contributed by atoms with E-state index in [2.05, 4.69) is 67.6 Å². The Balaban J connectivity index is 1.11. The fourth-order valence-corrected chi connectivity index (χ4v) is 9.03. The maximum absolute atomic E-state index is 7.31. The predicted molar refractivity (Wildman–Crippen MR) is 274 cm³/mol. The molecule has 10 nitrogen and oxygen atoms in total. The first kappa shape index (κ1) is 52.2. The fourth-order valence-electron chi connectivity index (χ4n) is 9.03. The summed E-state index contributed by atoms with van der Waals surface area (Å²) < 4.78 is 68.7. The molecule has 71 heavy (non-hydrogen) atoms. The lowest BCUT2D eigenvalue weighted by Gasteiger charge is -2.32. The third-order valence-electron chi connectivity index (χ3n) is 12.9. The number of benzene rings is 6. The minimum Gasteiger partial charge on any atom is -0.374 e. The van der Waals surface area contributed by atoms with Crippen molar-refractivity contribution in [3.8, 4) is 0 Å². The van der Waals surface area contributed by atoms with Crippen LogP contribution in [0.2, 0.25) is 0 Å². The standard InChI is InChI=1S/C61H72O10/c1-2-3-4-5-6-25-38-64-60-59(68-44-52-36-23-12-24-37-52)57(66-42-50-32-19-10-20-33-50)56(71-60)54(46-63-40-48-28-15-8-16-29-48)70-61-58(67-43-51-34-21-11-22-35-51)55(65-41-49-30-17-9-18-31-49)53(69-61)45-62-39-47-26-13-7-14-27-47/h7-24,26-37,53-61H,2-6,25,38-46H2,1H3/t53-,54+,55-,56+,57+,58-,59-,60-,61+/m1/s1. The zero-order valence-electron chi connectivity index (χ0n) is 41.2. The van der Waals surface area contributed by atoms with E-state index < -0.39 is 55.3 Å². The smallest absolute Gasteiger partial charge is 0.187 e. The van der Waals surface area contributed by atoms with Gasteiger partial charge >= 0.3 is 0 Å². The van der Waals surface area contributed by atoms with Gasteiger partial charge in [0.1, 0.15) is 42.7 Å². The van der Waals surface area contributed by atoms with Gasteiger partial charge in [-0.15, -0.1) is 0 Å². The first-order chi connectivity index (χ1) is 35.2.